The summed E-state index contributed by atoms with van der Waals surface area (Å²) in [5, 5.41) is 14.8. The van der Waals surface area contributed by atoms with Crippen LogP contribution >= 0.6 is 0 Å². The lowest BCUT2D eigenvalue weighted by atomic mass is 9.73. The van der Waals surface area contributed by atoms with Crippen LogP contribution in [0.2, 0.25) is 0 Å². The minimum Gasteiger partial charge on any atom is -0.354 e. The molecule has 1 saturated heterocycles. The second-order valence-electron chi connectivity index (χ2n) is 10.6. The molecule has 3 heterocycles. The minimum atomic E-state index is -0.631. The number of aryl methyl sites for hydroxylation is 2. The normalized spacial score (nSPS) is 20.8. The highest BCUT2D eigenvalue weighted by Gasteiger charge is 2.43. The fraction of sp³-hybridized carbons (Fsp3) is 0.448. The van der Waals surface area contributed by atoms with Gasteiger partial charge in [0.15, 0.2) is 0 Å². The third-order valence-corrected chi connectivity index (χ3v) is 7.69. The molecule has 1 fully saturated rings. The molecule has 1 atom stereocenters. The number of likely N-dealkylation sites (tertiary alicyclic amines) is 1. The zero-order valence-electron chi connectivity index (χ0n) is 21.5. The van der Waals surface area contributed by atoms with Gasteiger partial charge in [0.1, 0.15) is 6.04 Å². The maximum absolute atomic E-state index is 14.0. The van der Waals surface area contributed by atoms with Crippen molar-refractivity contribution in [2.45, 2.75) is 58.2 Å². The molecule has 2 aliphatic rings. The lowest BCUT2D eigenvalue weighted by molar-refractivity contribution is -0.137. The summed E-state index contributed by atoms with van der Waals surface area (Å²) in [5.41, 5.74) is 3.76. The first kappa shape index (κ1) is 25.1. The molecular weight excluding hydrogens is 464 g/mol. The summed E-state index contributed by atoms with van der Waals surface area (Å²) in [5.74, 6) is -0.200. The Bertz CT molecular complexity index is 1200. The zero-order chi connectivity index (χ0) is 25.7. The lowest BCUT2D eigenvalue weighted by Crippen LogP contribution is -2.56. The molecule has 1 spiro atoms. The molecule has 194 valence electrons. The molecule has 1 aromatic heterocycles. The van der Waals surface area contributed by atoms with Crippen LogP contribution in [0.5, 0.6) is 0 Å². The van der Waals surface area contributed by atoms with Crippen molar-refractivity contribution in [2.75, 3.05) is 19.6 Å². The van der Waals surface area contributed by atoms with Crippen molar-refractivity contribution in [2.24, 2.45) is 5.41 Å². The number of carbonyl (C=O) groups is 2. The van der Waals surface area contributed by atoms with E-state index in [0.29, 0.717) is 38.8 Å². The summed E-state index contributed by atoms with van der Waals surface area (Å²) in [7, 11) is 0. The molecule has 37 heavy (non-hydrogen) atoms. The predicted molar refractivity (Wildman–Crippen MR) is 142 cm³/mol. The van der Waals surface area contributed by atoms with Crippen molar-refractivity contribution >= 4 is 11.8 Å². The van der Waals surface area contributed by atoms with Crippen LogP contribution < -0.4 is 10.6 Å². The molecule has 0 aliphatic carbocycles. The van der Waals surface area contributed by atoms with Gasteiger partial charge in [-0.25, -0.2) is 0 Å². The number of carbonyl (C=O) groups excluding carboxylic acids is 2. The van der Waals surface area contributed by atoms with Crippen molar-refractivity contribution in [3.05, 3.63) is 83.2 Å². The van der Waals surface area contributed by atoms with Crippen molar-refractivity contribution in [3.8, 4) is 0 Å². The van der Waals surface area contributed by atoms with Crippen LogP contribution in [0.4, 0.5) is 0 Å². The molecule has 2 bridgehead atoms. The molecule has 8 heteroatoms. The molecule has 2 aromatic carbocycles. The highest BCUT2D eigenvalue weighted by molar-refractivity contribution is 5.90. The summed E-state index contributed by atoms with van der Waals surface area (Å²) in [6.45, 7) is 5.78. The van der Waals surface area contributed by atoms with Gasteiger partial charge in [-0.1, -0.05) is 65.4 Å². The maximum atomic E-state index is 14.0. The van der Waals surface area contributed by atoms with Crippen LogP contribution in [0.25, 0.3) is 0 Å². The summed E-state index contributed by atoms with van der Waals surface area (Å²) in [6.07, 6.45) is 5.10. The van der Waals surface area contributed by atoms with Gasteiger partial charge in [-0.3, -0.25) is 19.2 Å². The Morgan fingerprint density at radius 1 is 0.973 bits per heavy atom. The van der Waals surface area contributed by atoms with E-state index in [0.717, 1.165) is 37.3 Å². The van der Waals surface area contributed by atoms with Gasteiger partial charge in [0, 0.05) is 38.7 Å². The molecule has 8 nitrogen and oxygen atoms in total. The standard InChI is InChI=1S/C29H36N6O2/c1-22-8-10-24(11-9-22)20-34-16-12-29(13-17-34)19-25-21-35(33-32-25)15-5-14-30-27(36)26(31-28(29)37)18-23-6-3-2-4-7-23/h2-4,6-11,21,26H,5,12-20H2,1H3,(H,30,36)(H,31,37)/t26-/m0/s1. The fourth-order valence-electron chi connectivity index (χ4n) is 5.40. The molecule has 2 N–H and O–H groups in total. The van der Waals surface area contributed by atoms with Gasteiger partial charge in [0.2, 0.25) is 11.8 Å². The zero-order valence-corrected chi connectivity index (χ0v) is 21.5. The monoisotopic (exact) mass is 500 g/mol. The van der Waals surface area contributed by atoms with E-state index < -0.39 is 11.5 Å². The fourth-order valence-corrected chi connectivity index (χ4v) is 5.40. The highest BCUT2D eigenvalue weighted by Crippen LogP contribution is 2.36. The van der Waals surface area contributed by atoms with Gasteiger partial charge in [-0.05, 0) is 50.4 Å². The number of piperidine rings is 1. The summed E-state index contributed by atoms with van der Waals surface area (Å²) < 4.78 is 1.82. The number of fused-ring (bicyclic) bond motifs is 2. The molecule has 3 aromatic rings. The Morgan fingerprint density at radius 2 is 1.73 bits per heavy atom. The Kier molecular flexibility index (Phi) is 7.65. The third kappa shape index (κ3) is 6.25. The van der Waals surface area contributed by atoms with Crippen LogP contribution in [0.1, 0.15) is 41.6 Å². The number of rotatable bonds is 4. The number of hydrogen-bond acceptors (Lipinski definition) is 5. The molecule has 2 aliphatic heterocycles. The van der Waals surface area contributed by atoms with E-state index in [1.807, 2.05) is 41.2 Å². The van der Waals surface area contributed by atoms with Crippen LogP contribution in [-0.2, 0) is 35.5 Å². The molecule has 2 amide bonds. The summed E-state index contributed by atoms with van der Waals surface area (Å²) in [4.78, 5) is 29.6. The van der Waals surface area contributed by atoms with E-state index in [1.54, 1.807) is 0 Å². The van der Waals surface area contributed by atoms with Gasteiger partial charge < -0.3 is 10.6 Å². The van der Waals surface area contributed by atoms with E-state index in [9.17, 15) is 9.59 Å². The molecule has 0 radical (unpaired) electrons. The average molecular weight is 501 g/mol. The van der Waals surface area contributed by atoms with E-state index in [4.69, 9.17) is 0 Å². The number of hydrogen-bond donors (Lipinski definition) is 2. The Hall–Kier alpha value is -3.52. The number of aromatic nitrogens is 3. The number of nitrogens with one attached hydrogen (secondary N) is 2. The maximum Gasteiger partial charge on any atom is 0.242 e. The van der Waals surface area contributed by atoms with E-state index in [1.165, 1.54) is 11.1 Å². The second-order valence-corrected chi connectivity index (χ2v) is 10.6. The van der Waals surface area contributed by atoms with E-state index >= 15 is 0 Å². The Morgan fingerprint density at radius 3 is 2.49 bits per heavy atom. The smallest absolute Gasteiger partial charge is 0.242 e. The second kappa shape index (κ2) is 11.3. The SMILES string of the molecule is Cc1ccc(CN2CCC3(CC2)Cc2cn(nn2)CCCNC(=O)[C@H](Cc2ccccc2)NC3=O)cc1. The van der Waals surface area contributed by atoms with Gasteiger partial charge >= 0.3 is 0 Å². The first-order chi connectivity index (χ1) is 18.0. The van der Waals surface area contributed by atoms with Crippen molar-refractivity contribution in [1.29, 1.82) is 0 Å². The third-order valence-electron chi connectivity index (χ3n) is 7.69. The van der Waals surface area contributed by atoms with Crippen LogP contribution in [0, 0.1) is 12.3 Å². The summed E-state index contributed by atoms with van der Waals surface area (Å²) in [6, 6.07) is 17.9. The minimum absolute atomic E-state index is 0.0626. The molecule has 5 rings (SSSR count). The van der Waals surface area contributed by atoms with E-state index in [2.05, 4.69) is 57.0 Å². The first-order valence-electron chi connectivity index (χ1n) is 13.3. The van der Waals surface area contributed by atoms with Crippen LogP contribution in [0.3, 0.4) is 0 Å². The van der Waals surface area contributed by atoms with Gasteiger partial charge in [-0.15, -0.1) is 5.10 Å². The van der Waals surface area contributed by atoms with Gasteiger partial charge in [0.05, 0.1) is 11.1 Å². The Balaban J connectivity index is 1.36. The number of benzene rings is 2. The molecule has 0 unspecified atom stereocenters. The van der Waals surface area contributed by atoms with Crippen LogP contribution in [-0.4, -0.2) is 57.4 Å². The van der Waals surface area contributed by atoms with Crippen molar-refractivity contribution in [1.82, 2.24) is 30.5 Å². The van der Waals surface area contributed by atoms with E-state index in [-0.39, 0.29) is 11.8 Å². The number of nitrogens with zero attached hydrogens (tertiary/aromatic N) is 4. The first-order valence-corrected chi connectivity index (χ1v) is 13.3. The largest absolute Gasteiger partial charge is 0.354 e. The Labute approximate surface area is 218 Å². The quantitative estimate of drug-likeness (QED) is 0.575. The van der Waals surface area contributed by atoms with Gasteiger partial charge in [0.25, 0.3) is 0 Å². The molecule has 0 saturated carbocycles. The molecular formula is C29H36N6O2. The van der Waals surface area contributed by atoms with Crippen molar-refractivity contribution in [3.63, 3.8) is 0 Å². The number of amides is 2. The predicted octanol–water partition coefficient (Wildman–Crippen LogP) is 2.66. The lowest BCUT2D eigenvalue weighted by Gasteiger charge is -2.41. The van der Waals surface area contributed by atoms with Crippen molar-refractivity contribution < 1.29 is 9.59 Å². The van der Waals surface area contributed by atoms with Crippen LogP contribution in [0.15, 0.2) is 60.8 Å². The summed E-state index contributed by atoms with van der Waals surface area (Å²) >= 11 is 0. The highest BCUT2D eigenvalue weighted by atomic mass is 16.2. The van der Waals surface area contributed by atoms with Gasteiger partial charge in [-0.2, -0.15) is 0 Å². The topological polar surface area (TPSA) is 92.2 Å². The average Bonchev–Trinajstić information content (AvgIpc) is 3.35.